The first-order chi connectivity index (χ1) is 21.5. The number of carbonyl (C=O) groups excluding carboxylic acids is 2. The highest BCUT2D eigenvalue weighted by Crippen LogP contribution is 2.46. The normalized spacial score (nSPS) is 19.8. The second-order valence-corrected chi connectivity index (χ2v) is 14.2. The summed E-state index contributed by atoms with van der Waals surface area (Å²) < 4.78 is 38.5. The zero-order chi connectivity index (χ0) is 32.5. The molecule has 16 heteroatoms. The molecule has 1 aromatic carbocycles. The van der Waals surface area contributed by atoms with E-state index < -0.39 is 19.3 Å². The van der Waals surface area contributed by atoms with E-state index in [1.807, 2.05) is 55.7 Å². The van der Waals surface area contributed by atoms with E-state index in [4.69, 9.17) is 24.3 Å². The van der Waals surface area contributed by atoms with Crippen molar-refractivity contribution in [2.75, 3.05) is 37.9 Å². The number of hydrogen-bond acceptors (Lipinski definition) is 12. The predicted octanol–water partition coefficient (Wildman–Crippen LogP) is 4.69. The number of carbonyl (C=O) groups is 2. The molecule has 4 atom stereocenters. The van der Waals surface area contributed by atoms with Crippen molar-refractivity contribution in [2.45, 2.75) is 59.4 Å². The molecule has 4 N–H and O–H groups in total. The summed E-state index contributed by atoms with van der Waals surface area (Å²) in [5.74, 6) is 0.649. The number of nitrogens with one attached hydrogen (secondary N) is 2. The van der Waals surface area contributed by atoms with Crippen molar-refractivity contribution < 1.29 is 32.7 Å². The Morgan fingerprint density at radius 3 is 2.73 bits per heavy atom. The van der Waals surface area contributed by atoms with Gasteiger partial charge >= 0.3 is 13.8 Å². The van der Waals surface area contributed by atoms with Gasteiger partial charge in [0.25, 0.3) is 0 Å². The lowest BCUT2D eigenvalue weighted by Crippen LogP contribution is -2.31. The number of benzene rings is 1. The highest BCUT2D eigenvalue weighted by atomic mass is 32.2. The molecule has 246 valence electrons. The van der Waals surface area contributed by atoms with Gasteiger partial charge in [0.05, 0.1) is 32.3 Å². The molecule has 0 saturated carbocycles. The zero-order valence-corrected chi connectivity index (χ0v) is 27.7. The van der Waals surface area contributed by atoms with Crippen LogP contribution in [0.15, 0.2) is 43.0 Å². The highest BCUT2D eigenvalue weighted by Gasteiger charge is 2.37. The number of amides is 1. The van der Waals surface area contributed by atoms with Crippen molar-refractivity contribution in [1.82, 2.24) is 29.9 Å². The third-order valence-corrected chi connectivity index (χ3v) is 10.0. The minimum absolute atomic E-state index is 0.0132. The minimum atomic E-state index is -3.79. The SMILES string of the molecule is CCOC(=O)NCCC(C)(C)C(=O)SCCO[P@@](=O)(NCc1ccccc1)OC[C@@H]1C[C@H](C)[C@H](n2cnc3c(N)ncnc32)O1. The van der Waals surface area contributed by atoms with Crippen molar-refractivity contribution in [3.63, 3.8) is 0 Å². The summed E-state index contributed by atoms with van der Waals surface area (Å²) in [4.78, 5) is 37.0. The third-order valence-electron chi connectivity index (χ3n) is 7.29. The summed E-state index contributed by atoms with van der Waals surface area (Å²) in [6, 6.07) is 9.49. The molecule has 4 rings (SSSR count). The molecule has 14 nitrogen and oxygen atoms in total. The molecule has 1 saturated heterocycles. The van der Waals surface area contributed by atoms with Gasteiger partial charge in [0.1, 0.15) is 18.1 Å². The first-order valence-electron chi connectivity index (χ1n) is 14.9. The number of ether oxygens (including phenoxy) is 2. The number of rotatable bonds is 16. The smallest absolute Gasteiger partial charge is 0.407 e. The van der Waals surface area contributed by atoms with Gasteiger partial charge in [0.15, 0.2) is 16.6 Å². The van der Waals surface area contributed by atoms with Gasteiger partial charge in [0.2, 0.25) is 0 Å². The van der Waals surface area contributed by atoms with E-state index in [1.54, 1.807) is 13.3 Å². The number of nitrogens with two attached hydrogens (primary N) is 1. The third kappa shape index (κ3) is 9.71. The molecular formula is C29H42N7O7PS. The van der Waals surface area contributed by atoms with Crippen LogP contribution in [0.3, 0.4) is 0 Å². The van der Waals surface area contributed by atoms with Crippen molar-refractivity contribution in [1.29, 1.82) is 0 Å². The second kappa shape index (κ2) is 16.0. The van der Waals surface area contributed by atoms with Gasteiger partial charge in [-0.3, -0.25) is 18.4 Å². The van der Waals surface area contributed by atoms with E-state index >= 15 is 0 Å². The zero-order valence-electron chi connectivity index (χ0n) is 26.0. The maximum absolute atomic E-state index is 13.8. The lowest BCUT2D eigenvalue weighted by atomic mass is 9.91. The molecule has 0 bridgehead atoms. The van der Waals surface area contributed by atoms with Crippen molar-refractivity contribution in [2.24, 2.45) is 11.3 Å². The topological polar surface area (TPSA) is 182 Å². The molecule has 2 aromatic heterocycles. The number of thioether (sulfide) groups is 1. The van der Waals surface area contributed by atoms with Gasteiger partial charge in [-0.25, -0.2) is 29.4 Å². The fourth-order valence-electron chi connectivity index (χ4n) is 4.76. The quantitative estimate of drug-likeness (QED) is 0.142. The Bertz CT molecular complexity index is 1480. The Morgan fingerprint density at radius 2 is 1.98 bits per heavy atom. The van der Waals surface area contributed by atoms with Crippen LogP contribution in [-0.4, -0.2) is 68.9 Å². The Balaban J connectivity index is 1.31. The van der Waals surface area contributed by atoms with Crippen molar-refractivity contribution in [3.8, 4) is 0 Å². The molecule has 3 aromatic rings. The second-order valence-electron chi connectivity index (χ2n) is 11.3. The number of aromatic nitrogens is 4. The van der Waals surface area contributed by atoms with Crippen LogP contribution in [0.25, 0.3) is 11.2 Å². The fraction of sp³-hybridized carbons (Fsp3) is 0.552. The summed E-state index contributed by atoms with van der Waals surface area (Å²) >= 11 is 1.09. The van der Waals surface area contributed by atoms with E-state index in [9.17, 15) is 14.2 Å². The molecule has 1 amide bonds. The number of alkyl carbamates (subject to hydrolysis) is 1. The number of imidazole rings is 1. The Labute approximate surface area is 267 Å². The molecule has 0 spiro atoms. The largest absolute Gasteiger partial charge is 0.450 e. The van der Waals surface area contributed by atoms with Crippen LogP contribution < -0.4 is 16.1 Å². The van der Waals surface area contributed by atoms with Gasteiger partial charge in [-0.1, -0.05) is 62.9 Å². The van der Waals surface area contributed by atoms with Gasteiger partial charge in [-0.15, -0.1) is 0 Å². The molecule has 1 aliphatic rings. The van der Waals surface area contributed by atoms with Crippen LogP contribution in [-0.2, 0) is 34.4 Å². The van der Waals surface area contributed by atoms with E-state index in [1.165, 1.54) is 6.33 Å². The molecule has 3 heterocycles. The minimum Gasteiger partial charge on any atom is -0.450 e. The summed E-state index contributed by atoms with van der Waals surface area (Å²) in [6.45, 7) is 8.29. The van der Waals surface area contributed by atoms with Crippen molar-refractivity contribution >= 4 is 47.7 Å². The van der Waals surface area contributed by atoms with Crippen LogP contribution in [0.5, 0.6) is 0 Å². The maximum Gasteiger partial charge on any atom is 0.407 e. The monoisotopic (exact) mass is 663 g/mol. The van der Waals surface area contributed by atoms with Gasteiger partial charge in [0, 0.05) is 30.2 Å². The van der Waals surface area contributed by atoms with Gasteiger partial charge < -0.3 is 20.5 Å². The molecular weight excluding hydrogens is 621 g/mol. The standard InChI is InChI=1S/C29H42N7O7PS/c1-5-40-28(38)31-12-11-29(3,4)27(37)45-14-13-41-44(39,35-16-21-9-7-6-8-10-21)42-17-22-15-20(2)26(43-22)36-19-34-23-24(30)32-18-33-25(23)36/h6-10,18-20,22,26H,5,11-17H2,1-4H3,(H,31,38)(H,35,39)(H2,30,32,33)/t20-,22-,26+,44-/m0/s1. The molecule has 1 fully saturated rings. The lowest BCUT2D eigenvalue weighted by Gasteiger charge is -2.23. The van der Waals surface area contributed by atoms with E-state index in [2.05, 4.69) is 25.4 Å². The fourth-order valence-corrected chi connectivity index (χ4v) is 7.06. The molecule has 1 aliphatic heterocycles. The van der Waals surface area contributed by atoms with Crippen molar-refractivity contribution in [3.05, 3.63) is 48.5 Å². The molecule has 45 heavy (non-hydrogen) atoms. The lowest BCUT2D eigenvalue weighted by molar-refractivity contribution is -0.118. The summed E-state index contributed by atoms with van der Waals surface area (Å²) in [6.07, 6.45) is 2.86. The number of fused-ring (bicyclic) bond motifs is 1. The number of nitrogens with zero attached hydrogens (tertiary/aromatic N) is 4. The average molecular weight is 664 g/mol. The van der Waals surface area contributed by atoms with Crippen LogP contribution in [0.2, 0.25) is 0 Å². The summed E-state index contributed by atoms with van der Waals surface area (Å²) in [5.41, 5.74) is 7.24. The van der Waals surface area contributed by atoms with E-state index in [0.717, 1.165) is 17.3 Å². The van der Waals surface area contributed by atoms with Gasteiger partial charge in [-0.05, 0) is 25.3 Å². The summed E-state index contributed by atoms with van der Waals surface area (Å²) in [5, 5.41) is 5.52. The molecule has 0 radical (unpaired) electrons. The average Bonchev–Trinajstić information content (AvgIpc) is 3.61. The first-order valence-corrected chi connectivity index (χ1v) is 17.4. The van der Waals surface area contributed by atoms with Gasteiger partial charge in [-0.2, -0.15) is 0 Å². The molecule has 0 unspecified atom stereocenters. The van der Waals surface area contributed by atoms with E-state index in [-0.39, 0.29) is 55.5 Å². The Kier molecular flexibility index (Phi) is 12.3. The first kappa shape index (κ1) is 34.8. The van der Waals surface area contributed by atoms with Crippen LogP contribution in [0, 0.1) is 11.3 Å². The van der Waals surface area contributed by atoms with Crippen LogP contribution in [0.4, 0.5) is 10.6 Å². The Hall–Kier alpha value is -3.07. The predicted molar refractivity (Wildman–Crippen MR) is 171 cm³/mol. The summed E-state index contributed by atoms with van der Waals surface area (Å²) in [7, 11) is -3.79. The van der Waals surface area contributed by atoms with Crippen LogP contribution >= 0.6 is 19.5 Å². The molecule has 0 aliphatic carbocycles. The van der Waals surface area contributed by atoms with E-state index in [0.29, 0.717) is 36.4 Å². The number of hydrogen-bond donors (Lipinski definition) is 3. The highest BCUT2D eigenvalue weighted by molar-refractivity contribution is 8.13. The number of nitrogen functional groups attached to an aromatic ring is 1. The maximum atomic E-state index is 13.8. The van der Waals surface area contributed by atoms with Crippen LogP contribution in [0.1, 0.15) is 52.3 Å². The Morgan fingerprint density at radius 1 is 1.20 bits per heavy atom. The number of anilines is 1.